The van der Waals surface area contributed by atoms with Crippen LogP contribution in [-0.2, 0) is 11.3 Å². The van der Waals surface area contributed by atoms with E-state index in [2.05, 4.69) is 29.8 Å². The van der Waals surface area contributed by atoms with E-state index in [4.69, 9.17) is 4.74 Å². The van der Waals surface area contributed by atoms with Gasteiger partial charge in [-0.15, -0.1) is 0 Å². The molecule has 1 rings (SSSR count). The van der Waals surface area contributed by atoms with Gasteiger partial charge in [-0.2, -0.15) is 5.26 Å². The van der Waals surface area contributed by atoms with Crippen LogP contribution in [0.2, 0.25) is 0 Å². The van der Waals surface area contributed by atoms with Gasteiger partial charge in [-0.05, 0) is 26.8 Å². The molecule has 0 unspecified atom stereocenters. The highest BCUT2D eigenvalue weighted by atomic mass is 16.5. The number of aryl methyl sites for hydroxylation is 1. The Labute approximate surface area is 103 Å². The highest BCUT2D eigenvalue weighted by molar-refractivity contribution is 5.58. The number of ether oxygens (including phenoxy) is 1. The van der Waals surface area contributed by atoms with Gasteiger partial charge in [-0.1, -0.05) is 0 Å². The molecule has 0 aliphatic carbocycles. The molecule has 1 heterocycles. The van der Waals surface area contributed by atoms with Crippen LogP contribution in [0.3, 0.4) is 0 Å². The predicted octanol–water partition coefficient (Wildman–Crippen LogP) is 2.25. The average Bonchev–Trinajstić information content (AvgIpc) is 2.31. The number of nitriles is 1. The zero-order chi connectivity index (χ0) is 12.8. The monoisotopic (exact) mass is 233 g/mol. The maximum absolute atomic E-state index is 9.28. The van der Waals surface area contributed by atoms with Crippen LogP contribution < -0.4 is 4.90 Å². The highest BCUT2D eigenvalue weighted by Crippen LogP contribution is 2.22. The number of anilines is 1. The van der Waals surface area contributed by atoms with Gasteiger partial charge in [0.1, 0.15) is 17.5 Å². The lowest BCUT2D eigenvalue weighted by Crippen LogP contribution is -2.25. The molecule has 0 aliphatic heterocycles. The summed E-state index contributed by atoms with van der Waals surface area (Å²) in [5.41, 5.74) is 2.45. The van der Waals surface area contributed by atoms with Crippen molar-refractivity contribution in [2.75, 3.05) is 25.1 Å². The number of aromatic nitrogens is 1. The second kappa shape index (κ2) is 6.21. The summed E-state index contributed by atoms with van der Waals surface area (Å²) in [6.07, 6.45) is 0. The van der Waals surface area contributed by atoms with Crippen molar-refractivity contribution in [3.05, 3.63) is 22.9 Å². The van der Waals surface area contributed by atoms with E-state index in [1.807, 2.05) is 13.0 Å². The Balaban J connectivity index is 3.32. The Kier molecular flexibility index (Phi) is 4.92. The fraction of sp³-hybridized carbons (Fsp3) is 0.538. The molecule has 0 bridgehead atoms. The molecule has 0 saturated heterocycles. The first-order chi connectivity index (χ1) is 8.17. The largest absolute Gasteiger partial charge is 0.380 e. The van der Waals surface area contributed by atoms with Crippen molar-refractivity contribution >= 4 is 5.82 Å². The van der Waals surface area contributed by atoms with E-state index in [0.717, 1.165) is 30.2 Å². The number of hydrogen-bond donors (Lipinski definition) is 0. The van der Waals surface area contributed by atoms with Crippen LogP contribution in [0.15, 0.2) is 6.07 Å². The Bertz CT molecular complexity index is 419. The van der Waals surface area contributed by atoms with Crippen LogP contribution in [0.1, 0.15) is 30.7 Å². The predicted molar refractivity (Wildman–Crippen MR) is 68.0 cm³/mol. The minimum absolute atomic E-state index is 0.445. The van der Waals surface area contributed by atoms with Crippen molar-refractivity contribution in [1.82, 2.24) is 4.98 Å². The van der Waals surface area contributed by atoms with Crippen LogP contribution in [-0.4, -0.2) is 25.2 Å². The lowest BCUT2D eigenvalue weighted by Gasteiger charge is -2.22. The molecule has 92 valence electrons. The molecule has 0 spiro atoms. The first-order valence-corrected chi connectivity index (χ1v) is 5.82. The van der Waals surface area contributed by atoms with Gasteiger partial charge >= 0.3 is 0 Å². The summed E-state index contributed by atoms with van der Waals surface area (Å²) in [5.74, 6) is 0.768. The lowest BCUT2D eigenvalue weighted by atomic mass is 10.1. The minimum atomic E-state index is 0.445. The fourth-order valence-corrected chi connectivity index (χ4v) is 1.87. The second-order valence-electron chi connectivity index (χ2n) is 3.84. The van der Waals surface area contributed by atoms with E-state index in [1.54, 1.807) is 7.11 Å². The summed E-state index contributed by atoms with van der Waals surface area (Å²) >= 11 is 0. The zero-order valence-corrected chi connectivity index (χ0v) is 10.9. The molecule has 1 aromatic rings. The molecule has 0 aliphatic rings. The molecular formula is C13H19N3O. The third-order valence-electron chi connectivity index (χ3n) is 2.68. The van der Waals surface area contributed by atoms with Crippen molar-refractivity contribution in [3.63, 3.8) is 0 Å². The van der Waals surface area contributed by atoms with Gasteiger partial charge < -0.3 is 9.64 Å². The molecule has 0 atom stereocenters. The maximum Gasteiger partial charge on any atom is 0.147 e. The molecule has 17 heavy (non-hydrogen) atoms. The molecule has 4 nitrogen and oxygen atoms in total. The number of methoxy groups -OCH3 is 1. The summed E-state index contributed by atoms with van der Waals surface area (Å²) in [4.78, 5) is 6.56. The van der Waals surface area contributed by atoms with Crippen molar-refractivity contribution < 1.29 is 4.74 Å². The Morgan fingerprint density at radius 1 is 1.41 bits per heavy atom. The molecule has 0 fully saturated rings. The van der Waals surface area contributed by atoms with Crippen LogP contribution in [0, 0.1) is 18.3 Å². The molecule has 0 radical (unpaired) electrons. The number of rotatable bonds is 5. The van der Waals surface area contributed by atoms with Gasteiger partial charge in [0.15, 0.2) is 0 Å². The number of nitrogens with zero attached hydrogens (tertiary/aromatic N) is 3. The number of pyridine rings is 1. The molecule has 0 N–H and O–H groups in total. The van der Waals surface area contributed by atoms with E-state index >= 15 is 0 Å². The van der Waals surface area contributed by atoms with Gasteiger partial charge in [0, 0.05) is 31.5 Å². The Morgan fingerprint density at radius 2 is 2.06 bits per heavy atom. The van der Waals surface area contributed by atoms with Gasteiger partial charge in [-0.25, -0.2) is 4.98 Å². The third kappa shape index (κ3) is 2.95. The van der Waals surface area contributed by atoms with Crippen LogP contribution in [0.25, 0.3) is 0 Å². The Morgan fingerprint density at radius 3 is 2.53 bits per heavy atom. The molecule has 4 heteroatoms. The van der Waals surface area contributed by atoms with Crippen molar-refractivity contribution in [2.24, 2.45) is 0 Å². The quantitative estimate of drug-likeness (QED) is 0.782. The molecule has 0 amide bonds. The van der Waals surface area contributed by atoms with Gasteiger partial charge in [0.25, 0.3) is 0 Å². The van der Waals surface area contributed by atoms with Crippen LogP contribution >= 0.6 is 0 Å². The summed E-state index contributed by atoms with van der Waals surface area (Å²) in [6, 6.07) is 4.15. The molecule has 0 saturated carbocycles. The van der Waals surface area contributed by atoms with Crippen molar-refractivity contribution in [1.29, 1.82) is 5.26 Å². The summed E-state index contributed by atoms with van der Waals surface area (Å²) in [5, 5.41) is 9.28. The van der Waals surface area contributed by atoms with E-state index < -0.39 is 0 Å². The van der Waals surface area contributed by atoms with E-state index in [9.17, 15) is 5.26 Å². The normalized spacial score (nSPS) is 10.1. The minimum Gasteiger partial charge on any atom is -0.380 e. The summed E-state index contributed by atoms with van der Waals surface area (Å²) in [7, 11) is 1.63. The van der Waals surface area contributed by atoms with E-state index in [1.165, 1.54) is 0 Å². The van der Waals surface area contributed by atoms with Crippen LogP contribution in [0.4, 0.5) is 5.82 Å². The lowest BCUT2D eigenvalue weighted by molar-refractivity contribution is 0.184. The first-order valence-electron chi connectivity index (χ1n) is 5.82. The average molecular weight is 233 g/mol. The topological polar surface area (TPSA) is 49.2 Å². The van der Waals surface area contributed by atoms with Crippen molar-refractivity contribution in [3.8, 4) is 6.07 Å². The standard InChI is InChI=1S/C13H19N3O/c1-5-16(6-2)13-12(8-14)11(9-17-4)7-10(3)15-13/h7H,5-6,9H2,1-4H3. The third-order valence-corrected chi connectivity index (χ3v) is 2.68. The van der Waals surface area contributed by atoms with Gasteiger partial charge in [0.05, 0.1) is 6.61 Å². The summed E-state index contributed by atoms with van der Waals surface area (Å²) in [6.45, 7) is 8.19. The molecule has 1 aromatic heterocycles. The van der Waals surface area contributed by atoms with Crippen LogP contribution in [0.5, 0.6) is 0 Å². The van der Waals surface area contributed by atoms with Gasteiger partial charge in [-0.3, -0.25) is 0 Å². The van der Waals surface area contributed by atoms with Crippen molar-refractivity contribution in [2.45, 2.75) is 27.4 Å². The van der Waals surface area contributed by atoms with E-state index in [-0.39, 0.29) is 0 Å². The fourth-order valence-electron chi connectivity index (χ4n) is 1.87. The first kappa shape index (κ1) is 13.5. The highest BCUT2D eigenvalue weighted by Gasteiger charge is 2.15. The Hall–Kier alpha value is -1.60. The zero-order valence-electron chi connectivity index (χ0n) is 10.9. The number of hydrogen-bond acceptors (Lipinski definition) is 4. The summed E-state index contributed by atoms with van der Waals surface area (Å²) < 4.78 is 5.13. The van der Waals surface area contributed by atoms with E-state index in [0.29, 0.717) is 12.2 Å². The molecule has 0 aromatic carbocycles. The molecular weight excluding hydrogens is 214 g/mol. The maximum atomic E-state index is 9.28. The second-order valence-corrected chi connectivity index (χ2v) is 3.84. The SMILES string of the molecule is CCN(CC)c1nc(C)cc(COC)c1C#N. The van der Waals surface area contributed by atoms with Gasteiger partial charge in [0.2, 0.25) is 0 Å². The smallest absolute Gasteiger partial charge is 0.147 e.